The molecule has 4 rings (SSSR count). The van der Waals surface area contributed by atoms with Gasteiger partial charge in [-0.2, -0.15) is 18.3 Å². The number of alkyl halides is 3. The first-order valence-corrected chi connectivity index (χ1v) is 10.2. The number of carbonyl (C=O) groups excluding carboxylic acids is 1. The van der Waals surface area contributed by atoms with E-state index in [4.69, 9.17) is 39.4 Å². The van der Waals surface area contributed by atoms with E-state index in [9.17, 15) is 22.4 Å². The Balaban J connectivity index is 1.87. The predicted octanol–water partition coefficient (Wildman–Crippen LogP) is 5.27. The molecule has 0 unspecified atom stereocenters. The second kappa shape index (κ2) is 9.04. The summed E-state index contributed by atoms with van der Waals surface area (Å²) < 4.78 is 62.7. The highest BCUT2D eigenvalue weighted by Crippen LogP contribution is 2.40. The minimum atomic E-state index is -5.09. The van der Waals surface area contributed by atoms with E-state index in [2.05, 4.69) is 15.1 Å². The Morgan fingerprint density at radius 3 is 2.43 bits per heavy atom. The van der Waals surface area contributed by atoms with Crippen molar-refractivity contribution in [1.29, 1.82) is 0 Å². The van der Waals surface area contributed by atoms with Crippen LogP contribution in [0.25, 0.3) is 17.1 Å². The van der Waals surface area contributed by atoms with Crippen LogP contribution in [0.4, 0.5) is 23.4 Å². The Kier molecular flexibility index (Phi) is 6.26. The molecule has 0 saturated carbocycles. The molecule has 3 heterocycles. The zero-order chi connectivity index (χ0) is 25.5. The largest absolute Gasteiger partial charge is 0.453 e. The van der Waals surface area contributed by atoms with E-state index in [1.807, 2.05) is 0 Å². The number of ether oxygens (including phenoxy) is 1. The van der Waals surface area contributed by atoms with Crippen molar-refractivity contribution >= 4 is 34.9 Å². The van der Waals surface area contributed by atoms with Gasteiger partial charge in [-0.05, 0) is 30.3 Å². The van der Waals surface area contributed by atoms with E-state index in [-0.39, 0.29) is 32.9 Å². The highest BCUT2D eigenvalue weighted by Gasteiger charge is 2.43. The van der Waals surface area contributed by atoms with Gasteiger partial charge in [-0.25, -0.2) is 19.0 Å². The highest BCUT2D eigenvalue weighted by atomic mass is 35.5. The lowest BCUT2D eigenvalue weighted by Gasteiger charge is -2.11. The van der Waals surface area contributed by atoms with Crippen molar-refractivity contribution in [2.45, 2.75) is 6.18 Å². The lowest BCUT2D eigenvalue weighted by Crippen LogP contribution is -2.21. The average molecular weight is 527 g/mol. The van der Waals surface area contributed by atoms with Gasteiger partial charge < -0.3 is 16.2 Å². The first kappa shape index (κ1) is 24.2. The minimum Gasteiger partial charge on any atom is -0.453 e. The summed E-state index contributed by atoms with van der Waals surface area (Å²) in [4.78, 5) is 19.7. The molecule has 4 aromatic rings. The molecule has 0 aliphatic rings. The normalized spacial score (nSPS) is 11.5. The van der Waals surface area contributed by atoms with Gasteiger partial charge in [-0.15, -0.1) is 0 Å². The minimum absolute atomic E-state index is 0.00271. The van der Waals surface area contributed by atoms with Crippen LogP contribution in [0.2, 0.25) is 10.0 Å². The fourth-order valence-corrected chi connectivity index (χ4v) is 3.52. The number of nitrogen functional groups attached to an aromatic ring is 1. The third kappa shape index (κ3) is 4.57. The number of anilines is 1. The highest BCUT2D eigenvalue weighted by molar-refractivity contribution is 6.34. The van der Waals surface area contributed by atoms with Gasteiger partial charge in [-0.1, -0.05) is 23.2 Å². The number of rotatable bonds is 5. The standard InChI is InChI=1S/C21H12Cl2F4N6O2/c22-10-2-1-6-31-20(10)33-17(21(25,26)27)14(19(29)34)16(32-33)9-3-4-12(11(24)8-9)35-13-5-7-30-18(28)15(13)23/h1-8H,(H2,28,30)(H2,29,34). The molecule has 0 aliphatic heterocycles. The number of hydrogen-bond donors (Lipinski definition) is 2. The lowest BCUT2D eigenvalue weighted by atomic mass is 10.0. The maximum atomic E-state index is 14.9. The van der Waals surface area contributed by atoms with Crippen LogP contribution in [0.1, 0.15) is 16.1 Å². The molecule has 0 atom stereocenters. The molecule has 0 aliphatic carbocycles. The Morgan fingerprint density at radius 2 is 1.80 bits per heavy atom. The van der Waals surface area contributed by atoms with Crippen molar-refractivity contribution in [2.75, 3.05) is 5.73 Å². The summed E-state index contributed by atoms with van der Waals surface area (Å²) in [6.45, 7) is 0. The van der Waals surface area contributed by atoms with Crippen LogP contribution in [0.15, 0.2) is 48.8 Å². The van der Waals surface area contributed by atoms with E-state index in [0.717, 1.165) is 12.1 Å². The van der Waals surface area contributed by atoms with Gasteiger partial charge >= 0.3 is 6.18 Å². The number of nitrogens with zero attached hydrogens (tertiary/aromatic N) is 4. The van der Waals surface area contributed by atoms with Gasteiger partial charge in [0.05, 0.1) is 10.6 Å². The smallest absolute Gasteiger partial charge is 0.434 e. The Hall–Kier alpha value is -3.90. The SMILES string of the molecule is NC(=O)c1c(-c2ccc(Oc3ccnc(N)c3Cl)c(F)c2)nn(-c2ncccc2Cl)c1C(F)(F)F. The average Bonchev–Trinajstić information content (AvgIpc) is 3.20. The molecule has 3 aromatic heterocycles. The molecule has 0 saturated heterocycles. The zero-order valence-corrected chi connectivity index (χ0v) is 18.7. The van der Waals surface area contributed by atoms with Crippen molar-refractivity contribution in [3.63, 3.8) is 0 Å². The van der Waals surface area contributed by atoms with E-state index in [0.29, 0.717) is 4.68 Å². The molecule has 180 valence electrons. The Labute approximate surface area is 204 Å². The number of nitrogens with two attached hydrogens (primary N) is 2. The molecule has 35 heavy (non-hydrogen) atoms. The molecule has 14 heteroatoms. The quantitative estimate of drug-likeness (QED) is 0.341. The van der Waals surface area contributed by atoms with Crippen LogP contribution in [-0.2, 0) is 6.18 Å². The predicted molar refractivity (Wildman–Crippen MR) is 119 cm³/mol. The van der Waals surface area contributed by atoms with Crippen molar-refractivity contribution in [3.8, 4) is 28.6 Å². The van der Waals surface area contributed by atoms with E-state index in [1.165, 1.54) is 36.7 Å². The number of aromatic nitrogens is 4. The summed E-state index contributed by atoms with van der Waals surface area (Å²) >= 11 is 12.0. The third-order valence-electron chi connectivity index (χ3n) is 4.65. The number of pyridine rings is 2. The van der Waals surface area contributed by atoms with Crippen molar-refractivity contribution in [1.82, 2.24) is 19.7 Å². The zero-order valence-electron chi connectivity index (χ0n) is 17.1. The van der Waals surface area contributed by atoms with Crippen LogP contribution in [0, 0.1) is 5.82 Å². The van der Waals surface area contributed by atoms with Gasteiger partial charge in [0.2, 0.25) is 0 Å². The number of halogens is 6. The fourth-order valence-electron chi connectivity index (χ4n) is 3.17. The molecule has 0 spiro atoms. The summed E-state index contributed by atoms with van der Waals surface area (Å²) in [5.74, 6) is -3.22. The van der Waals surface area contributed by atoms with Crippen molar-refractivity contribution < 1.29 is 27.1 Å². The number of amides is 1. The van der Waals surface area contributed by atoms with Crippen LogP contribution in [0.3, 0.4) is 0 Å². The summed E-state index contributed by atoms with van der Waals surface area (Å²) in [6, 6.07) is 7.16. The maximum absolute atomic E-state index is 14.9. The summed E-state index contributed by atoms with van der Waals surface area (Å²) in [5.41, 5.74) is 7.64. The van der Waals surface area contributed by atoms with Crippen molar-refractivity contribution in [2.24, 2.45) is 5.73 Å². The first-order chi connectivity index (χ1) is 16.5. The molecule has 1 amide bonds. The van der Waals surface area contributed by atoms with Crippen LogP contribution in [0.5, 0.6) is 11.5 Å². The molecule has 0 bridgehead atoms. The van der Waals surface area contributed by atoms with E-state index < -0.39 is 40.7 Å². The Morgan fingerprint density at radius 1 is 1.06 bits per heavy atom. The molecular weight excluding hydrogens is 515 g/mol. The van der Waals surface area contributed by atoms with Gasteiger partial charge in [0.1, 0.15) is 16.5 Å². The topological polar surface area (TPSA) is 122 Å². The first-order valence-electron chi connectivity index (χ1n) is 9.47. The van der Waals surface area contributed by atoms with Crippen LogP contribution < -0.4 is 16.2 Å². The second-order valence-electron chi connectivity index (χ2n) is 6.91. The monoisotopic (exact) mass is 526 g/mol. The fraction of sp³-hybridized carbons (Fsp3) is 0.0476. The number of primary amides is 1. The third-order valence-corrected chi connectivity index (χ3v) is 5.32. The van der Waals surface area contributed by atoms with Crippen LogP contribution >= 0.6 is 23.2 Å². The van der Waals surface area contributed by atoms with Gasteiger partial charge in [0.15, 0.2) is 28.8 Å². The van der Waals surface area contributed by atoms with E-state index in [1.54, 1.807) is 0 Å². The van der Waals surface area contributed by atoms with Crippen molar-refractivity contribution in [3.05, 3.63) is 75.9 Å². The van der Waals surface area contributed by atoms with Gasteiger partial charge in [0.25, 0.3) is 5.91 Å². The number of hydrogen-bond acceptors (Lipinski definition) is 6. The molecule has 8 nitrogen and oxygen atoms in total. The number of benzene rings is 1. The van der Waals surface area contributed by atoms with Crippen LogP contribution in [-0.4, -0.2) is 25.7 Å². The summed E-state index contributed by atoms with van der Waals surface area (Å²) in [5, 5.41) is 3.64. The van der Waals surface area contributed by atoms with E-state index >= 15 is 0 Å². The van der Waals surface area contributed by atoms with Gasteiger partial charge in [0, 0.05) is 24.0 Å². The maximum Gasteiger partial charge on any atom is 0.434 e. The molecule has 0 radical (unpaired) electrons. The molecule has 4 N–H and O–H groups in total. The second-order valence-corrected chi connectivity index (χ2v) is 7.70. The lowest BCUT2D eigenvalue weighted by molar-refractivity contribution is -0.143. The molecule has 0 fully saturated rings. The Bertz CT molecular complexity index is 1460. The number of carbonyl (C=O) groups is 1. The van der Waals surface area contributed by atoms with Gasteiger partial charge in [-0.3, -0.25) is 4.79 Å². The molecular formula is C21H12Cl2F4N6O2. The molecule has 1 aromatic carbocycles. The summed E-state index contributed by atoms with van der Waals surface area (Å²) in [6.07, 6.45) is -2.61. The summed E-state index contributed by atoms with van der Waals surface area (Å²) in [7, 11) is 0.